The molecule has 0 radical (unpaired) electrons. The van der Waals surface area contributed by atoms with Crippen molar-refractivity contribution in [3.63, 3.8) is 0 Å². The fourth-order valence-electron chi connectivity index (χ4n) is 2.16. The van der Waals surface area contributed by atoms with E-state index < -0.39 is 0 Å². The van der Waals surface area contributed by atoms with Crippen LogP contribution in [0.15, 0.2) is 0 Å². The largest absolute Gasteiger partial charge is 0.313 e. The lowest BCUT2D eigenvalue weighted by Gasteiger charge is -2.28. The Kier molecular flexibility index (Phi) is 3.53. The topological polar surface area (TPSA) is 15.3 Å². The highest BCUT2D eigenvalue weighted by Crippen LogP contribution is 2.14. The van der Waals surface area contributed by atoms with Gasteiger partial charge >= 0.3 is 0 Å². The third-order valence-corrected chi connectivity index (χ3v) is 2.70. The van der Waals surface area contributed by atoms with Gasteiger partial charge in [-0.1, -0.05) is 13.8 Å². The van der Waals surface area contributed by atoms with Gasteiger partial charge in [0.25, 0.3) is 0 Å². The van der Waals surface area contributed by atoms with E-state index in [1.165, 1.54) is 19.5 Å². The first-order valence-electron chi connectivity index (χ1n) is 5.05. The van der Waals surface area contributed by atoms with Crippen molar-refractivity contribution in [3.8, 4) is 0 Å². The molecule has 1 aliphatic heterocycles. The van der Waals surface area contributed by atoms with Crippen LogP contribution in [0, 0.1) is 5.92 Å². The Morgan fingerprint density at radius 1 is 1.50 bits per heavy atom. The maximum Gasteiger partial charge on any atom is 0.0255 e. The maximum absolute atomic E-state index is 3.48. The van der Waals surface area contributed by atoms with Crippen LogP contribution >= 0.6 is 0 Å². The Morgan fingerprint density at radius 3 is 2.58 bits per heavy atom. The first-order chi connectivity index (χ1) is 5.61. The van der Waals surface area contributed by atoms with Gasteiger partial charge in [-0.15, -0.1) is 0 Å². The first-order valence-corrected chi connectivity index (χ1v) is 5.05. The van der Waals surface area contributed by atoms with E-state index in [9.17, 15) is 0 Å². The predicted octanol–water partition coefficient (Wildman–Crippen LogP) is 1.32. The Morgan fingerprint density at radius 2 is 2.17 bits per heavy atom. The van der Waals surface area contributed by atoms with E-state index in [1.807, 2.05) is 0 Å². The Bertz CT molecular complexity index is 134. The summed E-state index contributed by atoms with van der Waals surface area (Å²) in [5, 5.41) is 3.48. The van der Waals surface area contributed by atoms with Crippen LogP contribution < -0.4 is 5.32 Å². The summed E-state index contributed by atoms with van der Waals surface area (Å²) in [6, 6.07) is 1.43. The number of rotatable bonds is 3. The van der Waals surface area contributed by atoms with Gasteiger partial charge in [0.05, 0.1) is 0 Å². The third-order valence-electron chi connectivity index (χ3n) is 2.70. The standard InChI is InChI=1S/C10H22N2/c1-8(2)7-12(4)10-5-6-11-9(10)3/h8-11H,5-7H2,1-4H3. The molecule has 2 atom stereocenters. The molecule has 1 fully saturated rings. The molecule has 0 aromatic heterocycles. The van der Waals surface area contributed by atoms with E-state index in [0.717, 1.165) is 12.0 Å². The third kappa shape index (κ3) is 2.46. The summed E-state index contributed by atoms with van der Waals surface area (Å²) in [6.07, 6.45) is 1.31. The highest BCUT2D eigenvalue weighted by atomic mass is 15.2. The summed E-state index contributed by atoms with van der Waals surface area (Å²) in [5.41, 5.74) is 0. The van der Waals surface area contributed by atoms with E-state index in [1.54, 1.807) is 0 Å². The van der Waals surface area contributed by atoms with Gasteiger partial charge in [0.15, 0.2) is 0 Å². The van der Waals surface area contributed by atoms with Crippen molar-refractivity contribution < 1.29 is 0 Å². The Labute approximate surface area is 76.3 Å². The quantitative estimate of drug-likeness (QED) is 0.687. The Balaban J connectivity index is 2.35. The Hall–Kier alpha value is -0.0800. The fraction of sp³-hybridized carbons (Fsp3) is 1.00. The van der Waals surface area contributed by atoms with E-state index in [2.05, 4.69) is 38.0 Å². The van der Waals surface area contributed by atoms with Crippen LogP contribution in [0.25, 0.3) is 0 Å². The van der Waals surface area contributed by atoms with Crippen molar-refractivity contribution >= 4 is 0 Å². The van der Waals surface area contributed by atoms with Gasteiger partial charge in [-0.25, -0.2) is 0 Å². The average molecular weight is 170 g/mol. The van der Waals surface area contributed by atoms with Crippen molar-refractivity contribution in [2.75, 3.05) is 20.1 Å². The molecule has 1 aliphatic rings. The van der Waals surface area contributed by atoms with Crippen LogP contribution in [0.3, 0.4) is 0 Å². The second-order valence-electron chi connectivity index (χ2n) is 4.43. The molecule has 0 saturated carbocycles. The molecule has 12 heavy (non-hydrogen) atoms. The molecular formula is C10H22N2. The molecule has 0 aromatic carbocycles. The maximum atomic E-state index is 3.48. The van der Waals surface area contributed by atoms with Crippen LogP contribution in [0.1, 0.15) is 27.2 Å². The molecular weight excluding hydrogens is 148 g/mol. The van der Waals surface area contributed by atoms with Crippen LogP contribution in [0.2, 0.25) is 0 Å². The lowest BCUT2D eigenvalue weighted by Crippen LogP contribution is -2.41. The first kappa shape index (κ1) is 10.0. The zero-order valence-corrected chi connectivity index (χ0v) is 8.80. The van der Waals surface area contributed by atoms with Crippen molar-refractivity contribution in [2.24, 2.45) is 5.92 Å². The number of nitrogens with one attached hydrogen (secondary N) is 1. The normalized spacial score (nSPS) is 30.5. The van der Waals surface area contributed by atoms with Gasteiger partial charge in [0, 0.05) is 18.6 Å². The van der Waals surface area contributed by atoms with E-state index in [-0.39, 0.29) is 0 Å². The summed E-state index contributed by atoms with van der Waals surface area (Å²) < 4.78 is 0. The number of nitrogens with zero attached hydrogens (tertiary/aromatic N) is 1. The van der Waals surface area contributed by atoms with Crippen LogP contribution in [-0.2, 0) is 0 Å². The lowest BCUT2D eigenvalue weighted by molar-refractivity contribution is 0.206. The fourth-order valence-corrected chi connectivity index (χ4v) is 2.16. The molecule has 2 heteroatoms. The van der Waals surface area contributed by atoms with Gasteiger partial charge in [-0.3, -0.25) is 0 Å². The molecule has 0 bridgehead atoms. The molecule has 0 spiro atoms. The highest BCUT2D eigenvalue weighted by Gasteiger charge is 2.26. The minimum Gasteiger partial charge on any atom is -0.313 e. The van der Waals surface area contributed by atoms with Crippen molar-refractivity contribution in [1.82, 2.24) is 10.2 Å². The highest BCUT2D eigenvalue weighted by molar-refractivity contribution is 4.86. The smallest absolute Gasteiger partial charge is 0.0255 e. The van der Waals surface area contributed by atoms with Gasteiger partial charge < -0.3 is 10.2 Å². The minimum atomic E-state index is 0.675. The van der Waals surface area contributed by atoms with E-state index in [0.29, 0.717) is 6.04 Å². The monoisotopic (exact) mass is 170 g/mol. The summed E-state index contributed by atoms with van der Waals surface area (Å²) in [5.74, 6) is 0.780. The molecule has 0 amide bonds. The SMILES string of the molecule is CC(C)CN(C)C1CCNC1C. The van der Waals surface area contributed by atoms with E-state index in [4.69, 9.17) is 0 Å². The van der Waals surface area contributed by atoms with Crippen LogP contribution in [-0.4, -0.2) is 37.1 Å². The number of hydrogen-bond donors (Lipinski definition) is 1. The summed E-state index contributed by atoms with van der Waals surface area (Å²) in [6.45, 7) is 9.26. The lowest BCUT2D eigenvalue weighted by atomic mass is 10.1. The van der Waals surface area contributed by atoms with Crippen LogP contribution in [0.5, 0.6) is 0 Å². The molecule has 1 rings (SSSR count). The molecule has 72 valence electrons. The number of hydrogen-bond acceptors (Lipinski definition) is 2. The second-order valence-corrected chi connectivity index (χ2v) is 4.43. The molecule has 2 unspecified atom stereocenters. The zero-order valence-electron chi connectivity index (χ0n) is 8.80. The molecule has 1 saturated heterocycles. The molecule has 1 heterocycles. The van der Waals surface area contributed by atoms with E-state index >= 15 is 0 Å². The molecule has 2 nitrogen and oxygen atoms in total. The van der Waals surface area contributed by atoms with Crippen molar-refractivity contribution in [3.05, 3.63) is 0 Å². The van der Waals surface area contributed by atoms with Gasteiger partial charge in [-0.05, 0) is 32.9 Å². The average Bonchev–Trinajstić information content (AvgIpc) is 2.33. The minimum absolute atomic E-state index is 0.675. The van der Waals surface area contributed by atoms with Crippen LogP contribution in [0.4, 0.5) is 0 Å². The molecule has 0 aliphatic carbocycles. The zero-order chi connectivity index (χ0) is 9.14. The second kappa shape index (κ2) is 4.24. The van der Waals surface area contributed by atoms with Gasteiger partial charge in [-0.2, -0.15) is 0 Å². The summed E-state index contributed by atoms with van der Waals surface area (Å²) in [4.78, 5) is 2.50. The summed E-state index contributed by atoms with van der Waals surface area (Å²) >= 11 is 0. The van der Waals surface area contributed by atoms with Crippen molar-refractivity contribution in [2.45, 2.75) is 39.3 Å². The predicted molar refractivity (Wildman–Crippen MR) is 53.3 cm³/mol. The summed E-state index contributed by atoms with van der Waals surface area (Å²) in [7, 11) is 2.24. The van der Waals surface area contributed by atoms with Gasteiger partial charge in [0.1, 0.15) is 0 Å². The van der Waals surface area contributed by atoms with Crippen molar-refractivity contribution in [1.29, 1.82) is 0 Å². The molecule has 1 N–H and O–H groups in total. The van der Waals surface area contributed by atoms with Gasteiger partial charge in [0.2, 0.25) is 0 Å². The molecule has 0 aromatic rings. The number of likely N-dealkylation sites (N-methyl/N-ethyl adjacent to an activating group) is 1.